The minimum absolute atomic E-state index is 0.170. The van der Waals surface area contributed by atoms with Gasteiger partial charge in [0.15, 0.2) is 5.29 Å². The number of benzene rings is 5. The van der Waals surface area contributed by atoms with Gasteiger partial charge in [0.05, 0.1) is 6.04 Å². The summed E-state index contributed by atoms with van der Waals surface area (Å²) in [6.07, 6.45) is 4.84. The molecule has 2 nitrogen and oxygen atoms in total. The molecule has 0 radical (unpaired) electrons. The van der Waals surface area contributed by atoms with E-state index in [9.17, 15) is 0 Å². The number of rotatable bonds is 5. The first-order valence-corrected chi connectivity index (χ1v) is 13.5. The van der Waals surface area contributed by atoms with Crippen molar-refractivity contribution in [3.8, 4) is 11.1 Å². The molecule has 188 valence electrons. The SMILES string of the molecule is C=Cc1ccccc1-c1ccccc1CC1=CC(c2cc3ccccc3c3ccccc23)N=C(Cl)N1.CC. The Balaban J connectivity index is 0.00000144. The van der Waals surface area contributed by atoms with E-state index >= 15 is 0 Å². The van der Waals surface area contributed by atoms with Gasteiger partial charge >= 0.3 is 0 Å². The highest BCUT2D eigenvalue weighted by Gasteiger charge is 2.20. The smallest absolute Gasteiger partial charge is 0.196 e. The predicted octanol–water partition coefficient (Wildman–Crippen LogP) is 9.69. The summed E-state index contributed by atoms with van der Waals surface area (Å²) in [4.78, 5) is 4.79. The Labute approximate surface area is 230 Å². The molecule has 0 saturated heterocycles. The zero-order valence-corrected chi connectivity index (χ0v) is 22.5. The molecule has 1 aliphatic rings. The number of aliphatic imine (C=N–C) groups is 1. The summed E-state index contributed by atoms with van der Waals surface area (Å²) in [5.41, 5.74) is 6.92. The van der Waals surface area contributed by atoms with Crippen LogP contribution in [0.5, 0.6) is 0 Å². The van der Waals surface area contributed by atoms with Crippen LogP contribution in [-0.2, 0) is 6.42 Å². The number of allylic oxidation sites excluding steroid dienone is 1. The molecule has 0 aliphatic carbocycles. The highest BCUT2D eigenvalue weighted by atomic mass is 35.5. The molecule has 5 aromatic carbocycles. The third-order valence-corrected chi connectivity index (χ3v) is 7.06. The van der Waals surface area contributed by atoms with Gasteiger partial charge in [-0.05, 0) is 73.1 Å². The second kappa shape index (κ2) is 11.5. The fourth-order valence-electron chi connectivity index (χ4n) is 5.21. The van der Waals surface area contributed by atoms with Crippen molar-refractivity contribution in [3.63, 3.8) is 0 Å². The van der Waals surface area contributed by atoms with E-state index in [0.717, 1.165) is 23.2 Å². The lowest BCUT2D eigenvalue weighted by molar-refractivity contribution is 0.839. The van der Waals surface area contributed by atoms with Crippen LogP contribution < -0.4 is 5.32 Å². The highest BCUT2D eigenvalue weighted by Crippen LogP contribution is 2.36. The number of nitrogens with one attached hydrogen (secondary N) is 1. The van der Waals surface area contributed by atoms with Gasteiger partial charge in [-0.2, -0.15) is 0 Å². The topological polar surface area (TPSA) is 24.4 Å². The van der Waals surface area contributed by atoms with Crippen molar-refractivity contribution in [2.45, 2.75) is 26.3 Å². The van der Waals surface area contributed by atoms with E-state index in [-0.39, 0.29) is 6.04 Å². The average Bonchev–Trinajstić information content (AvgIpc) is 2.98. The maximum absolute atomic E-state index is 6.58. The lowest BCUT2D eigenvalue weighted by atomic mass is 9.91. The third kappa shape index (κ3) is 5.01. The second-order valence-corrected chi connectivity index (χ2v) is 9.40. The molecule has 38 heavy (non-hydrogen) atoms. The first kappa shape index (κ1) is 25.5. The third-order valence-electron chi connectivity index (χ3n) is 6.86. The molecule has 0 fully saturated rings. The van der Waals surface area contributed by atoms with Gasteiger partial charge in [-0.15, -0.1) is 0 Å². The summed E-state index contributed by atoms with van der Waals surface area (Å²) in [5, 5.41) is 8.62. The fourth-order valence-corrected chi connectivity index (χ4v) is 5.44. The minimum Gasteiger partial charge on any atom is -0.334 e. The quantitative estimate of drug-likeness (QED) is 0.183. The Morgan fingerprint density at radius 3 is 2.21 bits per heavy atom. The van der Waals surface area contributed by atoms with Gasteiger partial charge in [0, 0.05) is 12.1 Å². The van der Waals surface area contributed by atoms with Gasteiger partial charge in [-0.1, -0.05) is 124 Å². The first-order chi connectivity index (χ1) is 18.7. The lowest BCUT2D eigenvalue weighted by Gasteiger charge is -2.22. The largest absolute Gasteiger partial charge is 0.334 e. The molecule has 3 heteroatoms. The van der Waals surface area contributed by atoms with E-state index in [4.69, 9.17) is 16.6 Å². The van der Waals surface area contributed by atoms with Crippen molar-refractivity contribution in [2.75, 3.05) is 0 Å². The molecule has 1 aliphatic heterocycles. The highest BCUT2D eigenvalue weighted by molar-refractivity contribution is 6.65. The van der Waals surface area contributed by atoms with E-state index in [1.807, 2.05) is 26.0 Å². The molecule has 0 saturated carbocycles. The Bertz CT molecular complexity index is 1680. The first-order valence-electron chi connectivity index (χ1n) is 13.1. The number of hydrogen-bond acceptors (Lipinski definition) is 2. The molecule has 6 rings (SSSR count). The Morgan fingerprint density at radius 2 is 1.42 bits per heavy atom. The maximum atomic E-state index is 6.58. The van der Waals surface area contributed by atoms with Crippen molar-refractivity contribution in [2.24, 2.45) is 4.99 Å². The molecule has 1 atom stereocenters. The monoisotopic (exact) mass is 514 g/mol. The Morgan fingerprint density at radius 1 is 0.789 bits per heavy atom. The molecule has 0 bridgehead atoms. The molecule has 1 unspecified atom stereocenters. The van der Waals surface area contributed by atoms with Crippen LogP contribution in [0.2, 0.25) is 0 Å². The standard InChI is InChI=1S/C33H25ClN2.C2H6/c1-2-22-11-3-6-14-26(22)27-15-7-4-12-23(27)19-25-21-32(36-33(34)35-25)31-20-24-13-5-8-16-28(24)29-17-9-10-18-30(29)31;1-2/h2-18,20-21,32H,1,19H2,(H,35,36);1-2H3. The van der Waals surface area contributed by atoms with Crippen molar-refractivity contribution in [3.05, 3.63) is 138 Å². The van der Waals surface area contributed by atoms with E-state index in [2.05, 4.69) is 115 Å². The van der Waals surface area contributed by atoms with E-state index in [1.165, 1.54) is 38.2 Å². The lowest BCUT2D eigenvalue weighted by Crippen LogP contribution is -2.24. The molecule has 1 heterocycles. The number of nitrogens with zero attached hydrogens (tertiary/aromatic N) is 1. The zero-order valence-electron chi connectivity index (χ0n) is 21.8. The molecule has 1 N–H and O–H groups in total. The summed E-state index contributed by atoms with van der Waals surface area (Å²) in [6.45, 7) is 8.01. The minimum atomic E-state index is -0.170. The van der Waals surface area contributed by atoms with Gasteiger partial charge in [0.2, 0.25) is 0 Å². The molecule has 0 spiro atoms. The van der Waals surface area contributed by atoms with Crippen LogP contribution in [0, 0.1) is 0 Å². The molecular weight excluding hydrogens is 484 g/mol. The van der Waals surface area contributed by atoms with Crippen LogP contribution >= 0.6 is 11.6 Å². The summed E-state index contributed by atoms with van der Waals surface area (Å²) < 4.78 is 0. The van der Waals surface area contributed by atoms with Gasteiger partial charge in [-0.3, -0.25) is 0 Å². The average molecular weight is 515 g/mol. The fraction of sp³-hybridized carbons (Fsp3) is 0.114. The van der Waals surface area contributed by atoms with Crippen molar-refractivity contribution in [1.82, 2.24) is 5.32 Å². The summed E-state index contributed by atoms with van der Waals surface area (Å²) in [5.74, 6) is 0. The van der Waals surface area contributed by atoms with Crippen LogP contribution in [0.15, 0.2) is 126 Å². The van der Waals surface area contributed by atoms with Gasteiger partial charge in [0.1, 0.15) is 0 Å². The van der Waals surface area contributed by atoms with E-state index < -0.39 is 0 Å². The normalized spacial score (nSPS) is 14.7. The summed E-state index contributed by atoms with van der Waals surface area (Å²) in [6, 6.07) is 36.0. The second-order valence-electron chi connectivity index (χ2n) is 9.04. The zero-order chi connectivity index (χ0) is 26.5. The van der Waals surface area contributed by atoms with Crippen LogP contribution in [0.3, 0.4) is 0 Å². The predicted molar refractivity (Wildman–Crippen MR) is 166 cm³/mol. The Hall–Kier alpha value is -4.14. The van der Waals surface area contributed by atoms with E-state index in [0.29, 0.717) is 5.29 Å². The molecular formula is C35H31ClN2. The van der Waals surface area contributed by atoms with Gasteiger partial charge in [0.25, 0.3) is 0 Å². The molecule has 0 aromatic heterocycles. The summed E-state index contributed by atoms with van der Waals surface area (Å²) in [7, 11) is 0. The Kier molecular flexibility index (Phi) is 7.72. The van der Waals surface area contributed by atoms with Crippen molar-refractivity contribution >= 4 is 44.5 Å². The van der Waals surface area contributed by atoms with Crippen LogP contribution in [0.25, 0.3) is 38.7 Å². The molecule has 5 aromatic rings. The van der Waals surface area contributed by atoms with Crippen LogP contribution in [-0.4, -0.2) is 5.29 Å². The van der Waals surface area contributed by atoms with Crippen LogP contribution in [0.1, 0.15) is 36.6 Å². The maximum Gasteiger partial charge on any atom is 0.196 e. The van der Waals surface area contributed by atoms with Gasteiger partial charge in [-0.25, -0.2) is 4.99 Å². The summed E-state index contributed by atoms with van der Waals surface area (Å²) >= 11 is 6.58. The van der Waals surface area contributed by atoms with Crippen molar-refractivity contribution in [1.29, 1.82) is 0 Å². The number of hydrogen-bond donors (Lipinski definition) is 1. The number of fused-ring (bicyclic) bond motifs is 3. The number of halogens is 1. The van der Waals surface area contributed by atoms with E-state index in [1.54, 1.807) is 0 Å². The van der Waals surface area contributed by atoms with Crippen LogP contribution in [0.4, 0.5) is 0 Å². The van der Waals surface area contributed by atoms with Crippen molar-refractivity contribution < 1.29 is 0 Å². The van der Waals surface area contributed by atoms with Gasteiger partial charge < -0.3 is 5.32 Å². The molecule has 0 amide bonds. The number of amidine groups is 1.